The Hall–Kier alpha value is -1.36. The van der Waals surface area contributed by atoms with E-state index in [9.17, 15) is 4.79 Å². The van der Waals surface area contributed by atoms with Gasteiger partial charge in [0.1, 0.15) is 4.60 Å². The minimum Gasteiger partial charge on any atom is -0.346 e. The second-order valence-electron chi connectivity index (χ2n) is 6.96. The van der Waals surface area contributed by atoms with Crippen molar-refractivity contribution in [2.75, 3.05) is 13.1 Å². The molecule has 1 aliphatic heterocycles. The molecule has 0 unspecified atom stereocenters. The van der Waals surface area contributed by atoms with Gasteiger partial charge in [0.25, 0.3) is 0 Å². The van der Waals surface area contributed by atoms with Crippen molar-refractivity contribution in [2.45, 2.75) is 39.7 Å². The van der Waals surface area contributed by atoms with Gasteiger partial charge in [-0.15, -0.1) is 0 Å². The Morgan fingerprint density at radius 3 is 2.83 bits per heavy atom. The topological polar surface area (TPSA) is 38.1 Å². The number of likely N-dealkylation sites (tertiary alicyclic amines) is 1. The van der Waals surface area contributed by atoms with Crippen LogP contribution in [0.2, 0.25) is 0 Å². The van der Waals surface area contributed by atoms with Gasteiger partial charge in [0.15, 0.2) is 0 Å². The maximum atomic E-state index is 12.1. The van der Waals surface area contributed by atoms with E-state index < -0.39 is 0 Å². The first-order chi connectivity index (χ1) is 11.0. The molecule has 3 heterocycles. The highest BCUT2D eigenvalue weighted by Crippen LogP contribution is 2.24. The third-order valence-electron chi connectivity index (χ3n) is 4.63. The molecule has 0 aliphatic carbocycles. The molecule has 23 heavy (non-hydrogen) atoms. The second kappa shape index (κ2) is 7.04. The van der Waals surface area contributed by atoms with E-state index in [1.807, 2.05) is 11.1 Å². The van der Waals surface area contributed by atoms with Crippen LogP contribution in [-0.4, -0.2) is 33.4 Å². The average Bonchev–Trinajstić information content (AvgIpc) is 2.89. The highest BCUT2D eigenvalue weighted by atomic mass is 79.9. The number of halogens is 1. The standard InChI is InChI=1S/C18H24BrN3O/c1-13(2)9-18(23)21-6-3-14(4-7-21)12-22-8-5-15-10-17(19)20-11-16(15)22/h5,8,10-11,13-14H,3-4,6-7,9,12H2,1-2H3. The Kier molecular flexibility index (Phi) is 5.05. The van der Waals surface area contributed by atoms with Crippen LogP contribution >= 0.6 is 15.9 Å². The van der Waals surface area contributed by atoms with Crippen molar-refractivity contribution < 1.29 is 4.79 Å². The van der Waals surface area contributed by atoms with Crippen molar-refractivity contribution in [1.29, 1.82) is 0 Å². The largest absolute Gasteiger partial charge is 0.346 e. The van der Waals surface area contributed by atoms with Crippen LogP contribution in [0.15, 0.2) is 29.1 Å². The van der Waals surface area contributed by atoms with Crippen molar-refractivity contribution in [3.8, 4) is 0 Å². The van der Waals surface area contributed by atoms with Crippen LogP contribution in [0.1, 0.15) is 33.1 Å². The highest BCUT2D eigenvalue weighted by Gasteiger charge is 2.23. The average molecular weight is 378 g/mol. The monoisotopic (exact) mass is 377 g/mol. The van der Waals surface area contributed by atoms with E-state index in [0.29, 0.717) is 24.2 Å². The Morgan fingerprint density at radius 1 is 1.39 bits per heavy atom. The van der Waals surface area contributed by atoms with Crippen LogP contribution in [-0.2, 0) is 11.3 Å². The predicted molar refractivity (Wildman–Crippen MR) is 96.2 cm³/mol. The third-order valence-corrected chi connectivity index (χ3v) is 5.06. The molecule has 0 saturated carbocycles. The molecule has 0 bridgehead atoms. The number of nitrogens with zero attached hydrogens (tertiary/aromatic N) is 3. The van der Waals surface area contributed by atoms with Crippen LogP contribution < -0.4 is 0 Å². The molecule has 124 valence electrons. The van der Waals surface area contributed by atoms with E-state index in [2.05, 4.69) is 57.7 Å². The zero-order chi connectivity index (χ0) is 16.4. The number of fused-ring (bicyclic) bond motifs is 1. The summed E-state index contributed by atoms with van der Waals surface area (Å²) in [7, 11) is 0. The smallest absolute Gasteiger partial charge is 0.222 e. The number of piperidine rings is 1. The summed E-state index contributed by atoms with van der Waals surface area (Å²) in [6.07, 6.45) is 6.93. The molecule has 0 aromatic carbocycles. The molecule has 1 saturated heterocycles. The van der Waals surface area contributed by atoms with Crippen LogP contribution in [0.3, 0.4) is 0 Å². The van der Waals surface area contributed by atoms with E-state index in [4.69, 9.17) is 0 Å². The zero-order valence-corrected chi connectivity index (χ0v) is 15.4. The van der Waals surface area contributed by atoms with E-state index in [0.717, 1.165) is 37.1 Å². The Balaban J connectivity index is 1.59. The minimum absolute atomic E-state index is 0.318. The van der Waals surface area contributed by atoms with Gasteiger partial charge in [-0.05, 0) is 52.7 Å². The predicted octanol–water partition coefficient (Wildman–Crippen LogP) is 4.08. The fourth-order valence-electron chi connectivity index (χ4n) is 3.34. The summed E-state index contributed by atoms with van der Waals surface area (Å²) >= 11 is 3.42. The lowest BCUT2D eigenvalue weighted by Gasteiger charge is -2.32. The van der Waals surface area contributed by atoms with Crippen LogP contribution in [0.4, 0.5) is 0 Å². The van der Waals surface area contributed by atoms with Gasteiger partial charge in [-0.25, -0.2) is 4.98 Å². The molecular weight excluding hydrogens is 354 g/mol. The summed E-state index contributed by atoms with van der Waals surface area (Å²) < 4.78 is 3.17. The molecule has 2 aromatic heterocycles. The van der Waals surface area contributed by atoms with E-state index in [1.54, 1.807) is 0 Å². The SMILES string of the molecule is CC(C)CC(=O)N1CCC(Cn2ccc3cc(Br)ncc32)CC1. The number of pyridine rings is 1. The normalized spacial score (nSPS) is 16.4. The number of hydrogen-bond acceptors (Lipinski definition) is 2. The summed E-state index contributed by atoms with van der Waals surface area (Å²) in [5.41, 5.74) is 1.19. The summed E-state index contributed by atoms with van der Waals surface area (Å²) in [6.45, 7) is 7.03. The minimum atomic E-state index is 0.318. The van der Waals surface area contributed by atoms with Gasteiger partial charge in [0, 0.05) is 37.6 Å². The summed E-state index contributed by atoms with van der Waals surface area (Å²) in [5.74, 6) is 1.40. The first-order valence-electron chi connectivity index (χ1n) is 8.41. The van der Waals surface area contributed by atoms with Gasteiger partial charge >= 0.3 is 0 Å². The Morgan fingerprint density at radius 2 is 2.13 bits per heavy atom. The Bertz CT molecular complexity index is 687. The molecular formula is C18H24BrN3O. The summed E-state index contributed by atoms with van der Waals surface area (Å²) in [5, 5.41) is 1.22. The van der Waals surface area contributed by atoms with E-state index >= 15 is 0 Å². The first-order valence-corrected chi connectivity index (χ1v) is 9.20. The highest BCUT2D eigenvalue weighted by molar-refractivity contribution is 9.10. The number of aromatic nitrogens is 2. The maximum absolute atomic E-state index is 12.1. The third kappa shape index (κ3) is 3.94. The lowest BCUT2D eigenvalue weighted by atomic mass is 9.96. The molecule has 0 radical (unpaired) electrons. The summed E-state index contributed by atoms with van der Waals surface area (Å²) in [4.78, 5) is 18.5. The van der Waals surface area contributed by atoms with Gasteiger partial charge < -0.3 is 9.47 Å². The van der Waals surface area contributed by atoms with Crippen molar-refractivity contribution in [1.82, 2.24) is 14.5 Å². The number of hydrogen-bond donors (Lipinski definition) is 0. The van der Waals surface area contributed by atoms with Crippen molar-refractivity contribution >= 4 is 32.7 Å². The van der Waals surface area contributed by atoms with Gasteiger partial charge in [0.2, 0.25) is 5.91 Å². The van der Waals surface area contributed by atoms with Crippen molar-refractivity contribution in [3.63, 3.8) is 0 Å². The maximum Gasteiger partial charge on any atom is 0.222 e. The summed E-state index contributed by atoms with van der Waals surface area (Å²) in [6, 6.07) is 4.20. The molecule has 0 N–H and O–H groups in total. The molecule has 0 spiro atoms. The Labute approximate surface area is 146 Å². The quantitative estimate of drug-likeness (QED) is 0.752. The van der Waals surface area contributed by atoms with Gasteiger partial charge in [-0.2, -0.15) is 0 Å². The van der Waals surface area contributed by atoms with Gasteiger partial charge in [-0.3, -0.25) is 4.79 Å². The second-order valence-corrected chi connectivity index (χ2v) is 7.77. The van der Waals surface area contributed by atoms with Gasteiger partial charge in [-0.1, -0.05) is 13.8 Å². The number of carbonyl (C=O) groups excluding carboxylic acids is 1. The number of amides is 1. The van der Waals surface area contributed by atoms with Crippen LogP contribution in [0.25, 0.3) is 10.9 Å². The van der Waals surface area contributed by atoms with Gasteiger partial charge in [0.05, 0.1) is 11.7 Å². The van der Waals surface area contributed by atoms with Crippen LogP contribution in [0.5, 0.6) is 0 Å². The molecule has 1 amide bonds. The first kappa shape index (κ1) is 16.5. The zero-order valence-electron chi connectivity index (χ0n) is 13.8. The molecule has 4 nitrogen and oxygen atoms in total. The van der Waals surface area contributed by atoms with E-state index in [-0.39, 0.29) is 0 Å². The molecule has 2 aromatic rings. The molecule has 3 rings (SSSR count). The fraction of sp³-hybridized carbons (Fsp3) is 0.556. The number of rotatable bonds is 4. The van der Waals surface area contributed by atoms with Crippen LogP contribution in [0, 0.1) is 11.8 Å². The van der Waals surface area contributed by atoms with Crippen molar-refractivity contribution in [2.24, 2.45) is 11.8 Å². The van der Waals surface area contributed by atoms with Crippen molar-refractivity contribution in [3.05, 3.63) is 29.1 Å². The lowest BCUT2D eigenvalue weighted by molar-refractivity contribution is -0.133. The molecule has 5 heteroatoms. The fourth-order valence-corrected chi connectivity index (χ4v) is 3.69. The molecule has 1 fully saturated rings. The molecule has 1 aliphatic rings. The molecule has 0 atom stereocenters. The lowest BCUT2D eigenvalue weighted by Crippen LogP contribution is -2.39. The number of carbonyl (C=O) groups is 1. The van der Waals surface area contributed by atoms with E-state index in [1.165, 1.54) is 10.9 Å².